The monoisotopic (exact) mass is 195 g/mol. The van der Waals surface area contributed by atoms with Crippen LogP contribution in [0.25, 0.3) is 0 Å². The van der Waals surface area contributed by atoms with Crippen molar-refractivity contribution in [3.05, 3.63) is 0 Å². The van der Waals surface area contributed by atoms with Crippen molar-refractivity contribution in [3.63, 3.8) is 0 Å². The molecule has 2 aliphatic rings. The van der Waals surface area contributed by atoms with Crippen molar-refractivity contribution in [1.29, 1.82) is 0 Å². The van der Waals surface area contributed by atoms with E-state index >= 15 is 0 Å². The van der Waals surface area contributed by atoms with Crippen molar-refractivity contribution in [2.45, 2.75) is 39.2 Å². The number of aliphatic imine (C=N–C) groups is 1. The van der Waals surface area contributed by atoms with Gasteiger partial charge in [-0.3, -0.25) is 4.99 Å². The van der Waals surface area contributed by atoms with Gasteiger partial charge in [-0.05, 0) is 24.7 Å². The van der Waals surface area contributed by atoms with Crippen molar-refractivity contribution in [3.8, 4) is 0 Å². The van der Waals surface area contributed by atoms with Gasteiger partial charge in [-0.2, -0.15) is 0 Å². The molecular weight excluding hydrogens is 174 g/mol. The average Bonchev–Trinajstić information content (AvgIpc) is 2.79. The highest BCUT2D eigenvalue weighted by Crippen LogP contribution is 2.33. The quantitative estimate of drug-likeness (QED) is 0.698. The van der Waals surface area contributed by atoms with Crippen LogP contribution in [0, 0.1) is 11.8 Å². The van der Waals surface area contributed by atoms with Crippen molar-refractivity contribution in [1.82, 2.24) is 10.6 Å². The first-order valence-electron chi connectivity index (χ1n) is 5.86. The molecule has 0 bridgehead atoms. The number of hydrogen-bond donors (Lipinski definition) is 2. The normalized spacial score (nSPS) is 36.7. The van der Waals surface area contributed by atoms with Crippen LogP contribution >= 0.6 is 0 Å². The molecule has 0 amide bonds. The predicted molar refractivity (Wildman–Crippen MR) is 59.4 cm³/mol. The summed E-state index contributed by atoms with van der Waals surface area (Å²) in [6.45, 7) is 6.60. The average molecular weight is 195 g/mol. The number of nitrogens with zero attached hydrogens (tertiary/aromatic N) is 1. The number of rotatable bonds is 2. The van der Waals surface area contributed by atoms with Crippen molar-refractivity contribution in [2.24, 2.45) is 16.8 Å². The highest BCUT2D eigenvalue weighted by Gasteiger charge is 2.32. The molecule has 1 fully saturated rings. The summed E-state index contributed by atoms with van der Waals surface area (Å²) in [5.41, 5.74) is 0. The lowest BCUT2D eigenvalue weighted by Gasteiger charge is -2.21. The Bertz CT molecular complexity index is 225. The zero-order valence-electron chi connectivity index (χ0n) is 9.21. The van der Waals surface area contributed by atoms with Crippen molar-refractivity contribution in [2.75, 3.05) is 13.1 Å². The van der Waals surface area contributed by atoms with E-state index in [4.69, 9.17) is 0 Å². The third-order valence-electron chi connectivity index (χ3n) is 3.75. The summed E-state index contributed by atoms with van der Waals surface area (Å²) in [4.78, 5) is 4.38. The second-order valence-corrected chi connectivity index (χ2v) is 4.51. The van der Waals surface area contributed by atoms with Crippen LogP contribution in [0.5, 0.6) is 0 Å². The van der Waals surface area contributed by atoms with Crippen LogP contribution in [0.1, 0.15) is 33.1 Å². The van der Waals surface area contributed by atoms with Crippen LogP contribution in [0.2, 0.25) is 0 Å². The Morgan fingerprint density at radius 3 is 2.93 bits per heavy atom. The topological polar surface area (TPSA) is 36.4 Å². The molecular formula is C11H21N3. The largest absolute Gasteiger partial charge is 0.355 e. The van der Waals surface area contributed by atoms with Gasteiger partial charge >= 0.3 is 0 Å². The molecule has 3 atom stereocenters. The van der Waals surface area contributed by atoms with Crippen LogP contribution in [0.15, 0.2) is 4.99 Å². The second kappa shape index (κ2) is 4.20. The molecule has 0 aromatic rings. The maximum atomic E-state index is 4.38. The Balaban J connectivity index is 1.87. The van der Waals surface area contributed by atoms with E-state index in [1.807, 2.05) is 0 Å². The van der Waals surface area contributed by atoms with E-state index in [0.29, 0.717) is 6.04 Å². The Morgan fingerprint density at radius 2 is 2.36 bits per heavy atom. The third-order valence-corrected chi connectivity index (χ3v) is 3.75. The maximum Gasteiger partial charge on any atom is 0.191 e. The van der Waals surface area contributed by atoms with Crippen LogP contribution in [0.4, 0.5) is 0 Å². The van der Waals surface area contributed by atoms with Gasteiger partial charge in [-0.15, -0.1) is 0 Å². The fourth-order valence-corrected chi connectivity index (χ4v) is 2.70. The minimum atomic E-state index is 0.643. The Kier molecular flexibility index (Phi) is 2.94. The molecule has 1 aliphatic carbocycles. The lowest BCUT2D eigenvalue weighted by atomic mass is 9.93. The molecule has 0 spiro atoms. The van der Waals surface area contributed by atoms with Crippen LogP contribution in [-0.4, -0.2) is 25.1 Å². The van der Waals surface area contributed by atoms with E-state index in [2.05, 4.69) is 29.5 Å². The van der Waals surface area contributed by atoms with Gasteiger partial charge in [0.05, 0.1) is 6.54 Å². The van der Waals surface area contributed by atoms with Crippen LogP contribution < -0.4 is 10.6 Å². The first-order valence-corrected chi connectivity index (χ1v) is 5.86. The van der Waals surface area contributed by atoms with Gasteiger partial charge in [-0.25, -0.2) is 0 Å². The number of nitrogens with one attached hydrogen (secondary N) is 2. The minimum Gasteiger partial charge on any atom is -0.355 e. The van der Waals surface area contributed by atoms with Gasteiger partial charge in [0.2, 0.25) is 0 Å². The first-order chi connectivity index (χ1) is 6.81. The molecule has 3 nitrogen and oxygen atoms in total. The van der Waals surface area contributed by atoms with Gasteiger partial charge in [0.1, 0.15) is 0 Å². The SMILES string of the molecule is CCC1CCC(NC2=NCCN2)C1C. The fourth-order valence-electron chi connectivity index (χ4n) is 2.70. The molecule has 1 aliphatic heterocycles. The molecule has 1 heterocycles. The van der Waals surface area contributed by atoms with Gasteiger partial charge < -0.3 is 10.6 Å². The molecule has 80 valence electrons. The second-order valence-electron chi connectivity index (χ2n) is 4.51. The van der Waals surface area contributed by atoms with E-state index in [1.165, 1.54) is 19.3 Å². The van der Waals surface area contributed by atoms with E-state index in [-0.39, 0.29) is 0 Å². The summed E-state index contributed by atoms with van der Waals surface area (Å²) < 4.78 is 0. The lowest BCUT2D eigenvalue weighted by molar-refractivity contribution is 0.367. The van der Waals surface area contributed by atoms with Crippen LogP contribution in [0.3, 0.4) is 0 Å². The highest BCUT2D eigenvalue weighted by atomic mass is 15.2. The standard InChI is InChI=1S/C11H21N3/c1-3-9-4-5-10(8(9)2)14-11-12-6-7-13-11/h8-10H,3-7H2,1-2H3,(H2,12,13,14). The summed E-state index contributed by atoms with van der Waals surface area (Å²) in [7, 11) is 0. The molecule has 3 heteroatoms. The third kappa shape index (κ3) is 1.86. The summed E-state index contributed by atoms with van der Waals surface area (Å²) in [5.74, 6) is 2.73. The smallest absolute Gasteiger partial charge is 0.191 e. The summed E-state index contributed by atoms with van der Waals surface area (Å²) in [6, 6.07) is 0.643. The molecule has 14 heavy (non-hydrogen) atoms. The van der Waals surface area contributed by atoms with Gasteiger partial charge in [-0.1, -0.05) is 20.3 Å². The van der Waals surface area contributed by atoms with E-state index < -0.39 is 0 Å². The van der Waals surface area contributed by atoms with E-state index in [0.717, 1.165) is 30.9 Å². The summed E-state index contributed by atoms with van der Waals surface area (Å²) >= 11 is 0. The highest BCUT2D eigenvalue weighted by molar-refractivity contribution is 5.81. The molecule has 0 aromatic heterocycles. The summed E-state index contributed by atoms with van der Waals surface area (Å²) in [6.07, 6.45) is 4.00. The lowest BCUT2D eigenvalue weighted by Crippen LogP contribution is -2.42. The fraction of sp³-hybridized carbons (Fsp3) is 0.909. The molecule has 3 unspecified atom stereocenters. The Labute approximate surface area is 86.4 Å². The first kappa shape index (κ1) is 9.81. The van der Waals surface area contributed by atoms with Gasteiger partial charge in [0, 0.05) is 12.6 Å². The Hall–Kier alpha value is -0.730. The molecule has 0 saturated heterocycles. The molecule has 0 radical (unpaired) electrons. The van der Waals surface area contributed by atoms with Gasteiger partial charge in [0.15, 0.2) is 5.96 Å². The molecule has 2 N–H and O–H groups in total. The van der Waals surface area contributed by atoms with Gasteiger partial charge in [0.25, 0.3) is 0 Å². The maximum absolute atomic E-state index is 4.38. The minimum absolute atomic E-state index is 0.643. The molecule has 0 aromatic carbocycles. The van der Waals surface area contributed by atoms with Crippen molar-refractivity contribution < 1.29 is 0 Å². The molecule has 2 rings (SSSR count). The summed E-state index contributed by atoms with van der Waals surface area (Å²) in [5, 5.41) is 6.81. The van der Waals surface area contributed by atoms with Crippen LogP contribution in [-0.2, 0) is 0 Å². The Morgan fingerprint density at radius 1 is 1.50 bits per heavy atom. The zero-order valence-corrected chi connectivity index (χ0v) is 9.21. The van der Waals surface area contributed by atoms with Crippen molar-refractivity contribution >= 4 is 5.96 Å². The zero-order chi connectivity index (χ0) is 9.97. The van der Waals surface area contributed by atoms with E-state index in [9.17, 15) is 0 Å². The van der Waals surface area contributed by atoms with E-state index in [1.54, 1.807) is 0 Å². The number of guanidine groups is 1. The molecule has 1 saturated carbocycles. The number of hydrogen-bond acceptors (Lipinski definition) is 3. The predicted octanol–water partition coefficient (Wildman–Crippen LogP) is 1.36.